The summed E-state index contributed by atoms with van der Waals surface area (Å²) in [5.74, 6) is 0.0106. The molecule has 8 nitrogen and oxygen atoms in total. The number of likely N-dealkylation sites (N-methyl/N-ethyl adjacent to an activating group) is 1. The summed E-state index contributed by atoms with van der Waals surface area (Å²) in [6.07, 6.45) is 0. The average Bonchev–Trinajstić information content (AvgIpc) is 2.73. The van der Waals surface area contributed by atoms with Gasteiger partial charge in [0, 0.05) is 29.5 Å². The van der Waals surface area contributed by atoms with E-state index in [1.54, 1.807) is 47.4 Å². The van der Waals surface area contributed by atoms with Crippen LogP contribution in [0.1, 0.15) is 13.8 Å². The molecule has 0 fully saturated rings. The molecule has 0 aromatic heterocycles. The first-order valence-electron chi connectivity index (χ1n) is 9.59. The molecular weight excluding hydrogens is 408 g/mol. The van der Waals surface area contributed by atoms with Crippen LogP contribution in [-0.4, -0.2) is 49.0 Å². The molecule has 1 heterocycles. The van der Waals surface area contributed by atoms with Crippen molar-refractivity contribution in [2.45, 2.75) is 13.8 Å². The zero-order valence-corrected chi connectivity index (χ0v) is 17.5. The number of amides is 4. The Morgan fingerprint density at radius 1 is 1.07 bits per heavy atom. The number of hydrogen-bond acceptors (Lipinski definition) is 4. The molecule has 3 rings (SSSR count). The highest BCUT2D eigenvalue weighted by Gasteiger charge is 2.29. The highest BCUT2D eigenvalue weighted by molar-refractivity contribution is 6.30. The molecule has 0 spiro atoms. The second-order valence-corrected chi connectivity index (χ2v) is 7.04. The maximum atomic E-state index is 12.5. The molecular formula is C21H23ClN4O4. The Labute approximate surface area is 179 Å². The Hall–Kier alpha value is -3.26. The van der Waals surface area contributed by atoms with Gasteiger partial charge in [-0.05, 0) is 56.3 Å². The summed E-state index contributed by atoms with van der Waals surface area (Å²) < 4.78 is 5.47. The highest BCUT2D eigenvalue weighted by Crippen LogP contribution is 2.34. The first kappa shape index (κ1) is 21.4. The molecule has 0 radical (unpaired) electrons. The van der Waals surface area contributed by atoms with Crippen molar-refractivity contribution in [3.05, 3.63) is 47.5 Å². The van der Waals surface area contributed by atoms with Crippen molar-refractivity contribution >= 4 is 46.5 Å². The zero-order valence-electron chi connectivity index (χ0n) is 16.8. The summed E-state index contributed by atoms with van der Waals surface area (Å²) in [4.78, 5) is 40.3. The Balaban J connectivity index is 1.75. The highest BCUT2D eigenvalue weighted by atomic mass is 35.5. The third-order valence-corrected chi connectivity index (χ3v) is 4.92. The number of ether oxygens (including phenoxy) is 1. The third-order valence-electron chi connectivity index (χ3n) is 4.67. The summed E-state index contributed by atoms with van der Waals surface area (Å²) >= 11 is 5.85. The smallest absolute Gasteiger partial charge is 0.323 e. The number of hydrogen-bond donors (Lipinski definition) is 2. The molecule has 2 N–H and O–H groups in total. The summed E-state index contributed by atoms with van der Waals surface area (Å²) in [6, 6.07) is 11.2. The van der Waals surface area contributed by atoms with Crippen LogP contribution in [0.25, 0.3) is 0 Å². The molecule has 2 aromatic rings. The Morgan fingerprint density at radius 3 is 2.37 bits per heavy atom. The number of benzene rings is 2. The molecule has 0 aliphatic carbocycles. The standard InChI is InChI=1S/C21H23ClN4O4/c1-3-25(4-2)19(27)12-26-17-11-16(9-10-18(17)30-13-20(26)28)24-21(29)23-15-7-5-14(22)6-8-15/h5-11H,3-4,12-13H2,1-2H3,(H2,23,24,29). The van der Waals surface area contributed by atoms with E-state index in [9.17, 15) is 14.4 Å². The van der Waals surface area contributed by atoms with Crippen molar-refractivity contribution in [3.8, 4) is 5.75 Å². The number of nitrogens with one attached hydrogen (secondary N) is 2. The summed E-state index contributed by atoms with van der Waals surface area (Å²) in [5, 5.41) is 5.98. The minimum Gasteiger partial charge on any atom is -0.482 e. The van der Waals surface area contributed by atoms with Gasteiger partial charge in [0.15, 0.2) is 6.61 Å². The van der Waals surface area contributed by atoms with Crippen LogP contribution in [0.2, 0.25) is 5.02 Å². The maximum absolute atomic E-state index is 12.5. The lowest BCUT2D eigenvalue weighted by Crippen LogP contribution is -2.46. The second kappa shape index (κ2) is 9.49. The van der Waals surface area contributed by atoms with Gasteiger partial charge in [-0.2, -0.15) is 0 Å². The monoisotopic (exact) mass is 430 g/mol. The van der Waals surface area contributed by atoms with E-state index in [0.717, 1.165) is 0 Å². The number of anilines is 3. The van der Waals surface area contributed by atoms with Gasteiger partial charge < -0.3 is 20.3 Å². The van der Waals surface area contributed by atoms with Crippen LogP contribution in [0.15, 0.2) is 42.5 Å². The van der Waals surface area contributed by atoms with E-state index in [2.05, 4.69) is 10.6 Å². The maximum Gasteiger partial charge on any atom is 0.323 e. The van der Waals surface area contributed by atoms with Gasteiger partial charge in [-0.25, -0.2) is 4.79 Å². The van der Waals surface area contributed by atoms with Crippen LogP contribution in [0.4, 0.5) is 21.9 Å². The van der Waals surface area contributed by atoms with E-state index in [4.69, 9.17) is 16.3 Å². The molecule has 4 amide bonds. The fourth-order valence-corrected chi connectivity index (χ4v) is 3.22. The topological polar surface area (TPSA) is 91.0 Å². The molecule has 30 heavy (non-hydrogen) atoms. The van der Waals surface area contributed by atoms with Crippen LogP contribution >= 0.6 is 11.6 Å². The molecule has 0 saturated heterocycles. The summed E-state index contributed by atoms with van der Waals surface area (Å²) in [5.41, 5.74) is 1.48. The van der Waals surface area contributed by atoms with Crippen LogP contribution in [0, 0.1) is 0 Å². The Morgan fingerprint density at radius 2 is 1.70 bits per heavy atom. The van der Waals surface area contributed by atoms with E-state index in [-0.39, 0.29) is 25.0 Å². The lowest BCUT2D eigenvalue weighted by Gasteiger charge is -2.31. The van der Waals surface area contributed by atoms with Gasteiger partial charge in [-0.15, -0.1) is 0 Å². The van der Waals surface area contributed by atoms with Gasteiger partial charge in [-0.3, -0.25) is 14.5 Å². The molecule has 1 aliphatic heterocycles. The summed E-state index contributed by atoms with van der Waals surface area (Å²) in [7, 11) is 0. The minimum absolute atomic E-state index is 0.0860. The van der Waals surface area contributed by atoms with Crippen LogP contribution < -0.4 is 20.3 Å². The second-order valence-electron chi connectivity index (χ2n) is 6.60. The van der Waals surface area contributed by atoms with Crippen molar-refractivity contribution in [2.75, 3.05) is 41.8 Å². The number of halogens is 1. The minimum atomic E-state index is -0.453. The average molecular weight is 431 g/mol. The Kier molecular flexibility index (Phi) is 6.79. The van der Waals surface area contributed by atoms with Gasteiger partial charge in [-0.1, -0.05) is 11.6 Å². The van der Waals surface area contributed by atoms with Gasteiger partial charge >= 0.3 is 6.03 Å². The van der Waals surface area contributed by atoms with Gasteiger partial charge in [0.1, 0.15) is 12.3 Å². The van der Waals surface area contributed by atoms with Crippen LogP contribution in [-0.2, 0) is 9.59 Å². The van der Waals surface area contributed by atoms with E-state index < -0.39 is 6.03 Å². The van der Waals surface area contributed by atoms with Crippen molar-refractivity contribution in [2.24, 2.45) is 0 Å². The molecule has 0 bridgehead atoms. The number of carbonyl (C=O) groups excluding carboxylic acids is 3. The SMILES string of the molecule is CCN(CC)C(=O)CN1C(=O)COc2ccc(NC(=O)Nc3ccc(Cl)cc3)cc21. The number of nitrogens with zero attached hydrogens (tertiary/aromatic N) is 2. The van der Waals surface area contributed by atoms with E-state index >= 15 is 0 Å². The van der Waals surface area contributed by atoms with Crippen LogP contribution in [0.3, 0.4) is 0 Å². The largest absolute Gasteiger partial charge is 0.482 e. The predicted molar refractivity (Wildman–Crippen MR) is 116 cm³/mol. The van der Waals surface area contributed by atoms with E-state index in [0.29, 0.717) is 40.9 Å². The molecule has 1 aliphatic rings. The molecule has 0 saturated carbocycles. The van der Waals surface area contributed by atoms with Crippen molar-refractivity contribution in [3.63, 3.8) is 0 Å². The van der Waals surface area contributed by atoms with E-state index in [1.165, 1.54) is 4.90 Å². The lowest BCUT2D eigenvalue weighted by atomic mass is 10.2. The number of carbonyl (C=O) groups is 3. The fraction of sp³-hybridized carbons (Fsp3) is 0.286. The normalized spacial score (nSPS) is 12.6. The predicted octanol–water partition coefficient (Wildman–Crippen LogP) is 3.58. The summed E-state index contributed by atoms with van der Waals surface area (Å²) in [6.45, 7) is 4.68. The quantitative estimate of drug-likeness (QED) is 0.732. The molecule has 2 aromatic carbocycles. The first-order valence-corrected chi connectivity index (χ1v) is 9.97. The van der Waals surface area contributed by atoms with Gasteiger partial charge in [0.2, 0.25) is 5.91 Å². The molecule has 158 valence electrons. The van der Waals surface area contributed by atoms with E-state index in [1.807, 2.05) is 13.8 Å². The first-order chi connectivity index (χ1) is 14.4. The van der Waals surface area contributed by atoms with Gasteiger partial charge in [0.05, 0.1) is 5.69 Å². The molecule has 0 atom stereocenters. The molecule has 0 unspecified atom stereocenters. The van der Waals surface area contributed by atoms with Crippen molar-refractivity contribution in [1.29, 1.82) is 0 Å². The van der Waals surface area contributed by atoms with Gasteiger partial charge in [0.25, 0.3) is 5.91 Å². The fourth-order valence-electron chi connectivity index (χ4n) is 3.09. The Bertz CT molecular complexity index is 945. The number of rotatable bonds is 6. The number of urea groups is 1. The molecule has 9 heteroatoms. The lowest BCUT2D eigenvalue weighted by molar-refractivity contribution is -0.131. The third kappa shape index (κ3) is 5.01. The van der Waals surface area contributed by atoms with Crippen LogP contribution in [0.5, 0.6) is 5.75 Å². The van der Waals surface area contributed by atoms with Crippen molar-refractivity contribution < 1.29 is 19.1 Å². The van der Waals surface area contributed by atoms with Crippen molar-refractivity contribution in [1.82, 2.24) is 4.90 Å². The number of fused-ring (bicyclic) bond motifs is 1. The zero-order chi connectivity index (χ0) is 21.7.